The maximum atomic E-state index is 12.3. The molecule has 0 atom stereocenters. The van der Waals surface area contributed by atoms with Gasteiger partial charge in [-0.05, 0) is 11.1 Å². The van der Waals surface area contributed by atoms with Crippen LogP contribution in [-0.4, -0.2) is 11.9 Å². The molecular formula is C15H17O5P. The van der Waals surface area contributed by atoms with Crippen molar-refractivity contribution in [2.24, 2.45) is 0 Å². The third-order valence-electron chi connectivity index (χ3n) is 2.68. The minimum absolute atomic E-state index is 0.0763. The van der Waals surface area contributed by atoms with E-state index >= 15 is 0 Å². The van der Waals surface area contributed by atoms with Gasteiger partial charge in [-0.1, -0.05) is 60.7 Å². The first kappa shape index (κ1) is 15.9. The lowest BCUT2D eigenvalue weighted by molar-refractivity contribution is 0.0325. The monoisotopic (exact) mass is 308 g/mol. The van der Waals surface area contributed by atoms with Gasteiger partial charge in [-0.25, -0.2) is 4.57 Å². The topological polar surface area (TPSA) is 65.0 Å². The van der Waals surface area contributed by atoms with Crippen LogP contribution in [0.1, 0.15) is 11.1 Å². The maximum Gasteiger partial charge on any atom is 0.477 e. The Labute approximate surface area is 123 Å². The molecule has 0 aliphatic heterocycles. The highest BCUT2D eigenvalue weighted by atomic mass is 31.2. The Morgan fingerprint density at radius 2 is 1.19 bits per heavy atom. The molecule has 112 valence electrons. The van der Waals surface area contributed by atoms with Crippen LogP contribution in [-0.2, 0) is 31.4 Å². The number of phosphoric acid groups is 1. The molecule has 0 aliphatic carbocycles. The number of phosphoric ester groups is 1. The molecule has 0 fully saturated rings. The van der Waals surface area contributed by atoms with Gasteiger partial charge in [0.1, 0.15) is 0 Å². The molecule has 0 unspecified atom stereocenters. The smallest absolute Gasteiger partial charge is 0.370 e. The van der Waals surface area contributed by atoms with Crippen molar-refractivity contribution >= 4 is 7.82 Å². The maximum absolute atomic E-state index is 12.3. The number of benzene rings is 2. The first-order chi connectivity index (χ1) is 10.2. The van der Waals surface area contributed by atoms with Crippen molar-refractivity contribution in [3.8, 4) is 0 Å². The van der Waals surface area contributed by atoms with Crippen molar-refractivity contribution in [2.75, 3.05) is 6.79 Å². The fraction of sp³-hybridized carbons (Fsp3) is 0.200. The number of hydrogen-bond donors (Lipinski definition) is 1. The van der Waals surface area contributed by atoms with Gasteiger partial charge in [0.15, 0.2) is 6.79 Å². The second-order valence-corrected chi connectivity index (χ2v) is 5.89. The SMILES string of the molecule is O=P(OCO)(OCc1ccccc1)OCc1ccccc1. The number of rotatable bonds is 8. The van der Waals surface area contributed by atoms with Crippen molar-refractivity contribution in [3.05, 3.63) is 71.8 Å². The van der Waals surface area contributed by atoms with E-state index in [-0.39, 0.29) is 13.2 Å². The zero-order valence-corrected chi connectivity index (χ0v) is 12.3. The Balaban J connectivity index is 1.94. The normalized spacial score (nSPS) is 11.5. The van der Waals surface area contributed by atoms with E-state index in [0.29, 0.717) is 0 Å². The molecule has 2 rings (SSSR count). The lowest BCUT2D eigenvalue weighted by Gasteiger charge is -2.17. The summed E-state index contributed by atoms with van der Waals surface area (Å²) in [6.45, 7) is -0.583. The summed E-state index contributed by atoms with van der Waals surface area (Å²) in [5, 5.41) is 8.84. The molecule has 5 nitrogen and oxygen atoms in total. The molecule has 6 heteroatoms. The quantitative estimate of drug-likeness (QED) is 0.597. The zero-order chi connectivity index (χ0) is 15.0. The summed E-state index contributed by atoms with van der Waals surface area (Å²) in [6, 6.07) is 18.5. The van der Waals surface area contributed by atoms with Crippen molar-refractivity contribution in [1.82, 2.24) is 0 Å². The second-order valence-electron chi connectivity index (χ2n) is 4.22. The summed E-state index contributed by atoms with van der Waals surface area (Å²) in [7, 11) is -3.80. The Morgan fingerprint density at radius 3 is 1.57 bits per heavy atom. The van der Waals surface area contributed by atoms with Crippen LogP contribution in [0.5, 0.6) is 0 Å². The van der Waals surface area contributed by atoms with Gasteiger partial charge in [0.2, 0.25) is 0 Å². The molecule has 21 heavy (non-hydrogen) atoms. The Morgan fingerprint density at radius 1 is 0.762 bits per heavy atom. The highest BCUT2D eigenvalue weighted by Crippen LogP contribution is 2.50. The molecule has 0 aliphatic rings. The van der Waals surface area contributed by atoms with E-state index in [1.807, 2.05) is 60.7 Å². The molecular weight excluding hydrogens is 291 g/mol. The summed E-state index contributed by atoms with van der Waals surface area (Å²) in [4.78, 5) is 0. The van der Waals surface area contributed by atoms with Crippen molar-refractivity contribution in [2.45, 2.75) is 13.2 Å². The van der Waals surface area contributed by atoms with Gasteiger partial charge < -0.3 is 5.11 Å². The van der Waals surface area contributed by atoms with Gasteiger partial charge in [-0.15, -0.1) is 0 Å². The molecule has 1 N–H and O–H groups in total. The van der Waals surface area contributed by atoms with Crippen LogP contribution in [0, 0.1) is 0 Å². The standard InChI is InChI=1S/C15H17O5P/c16-13-20-21(17,18-11-14-7-3-1-4-8-14)19-12-15-9-5-2-6-10-15/h1-10,16H,11-13H2. The Bertz CT molecular complexity index is 526. The summed E-state index contributed by atoms with van der Waals surface area (Å²) in [5.74, 6) is 0. The molecule has 0 aromatic heterocycles. The van der Waals surface area contributed by atoms with Crippen molar-refractivity contribution in [1.29, 1.82) is 0 Å². The van der Waals surface area contributed by atoms with E-state index in [1.165, 1.54) is 0 Å². The number of hydrogen-bond acceptors (Lipinski definition) is 5. The zero-order valence-electron chi connectivity index (χ0n) is 11.4. The third kappa shape index (κ3) is 5.42. The van der Waals surface area contributed by atoms with Crippen LogP contribution in [0.2, 0.25) is 0 Å². The van der Waals surface area contributed by atoms with E-state index in [9.17, 15) is 4.57 Å². The van der Waals surface area contributed by atoms with Gasteiger partial charge >= 0.3 is 7.82 Å². The summed E-state index contributed by atoms with van der Waals surface area (Å²) in [5.41, 5.74) is 1.67. The van der Waals surface area contributed by atoms with Gasteiger partial charge in [-0.3, -0.25) is 13.6 Å². The predicted molar refractivity (Wildman–Crippen MR) is 78.2 cm³/mol. The minimum atomic E-state index is -3.80. The molecule has 0 saturated heterocycles. The largest absolute Gasteiger partial charge is 0.477 e. The fourth-order valence-electron chi connectivity index (χ4n) is 1.64. The molecule has 2 aromatic carbocycles. The molecule has 0 radical (unpaired) electrons. The second kappa shape index (κ2) is 8.08. The first-order valence-corrected chi connectivity index (χ1v) is 7.90. The molecule has 0 heterocycles. The molecule has 0 bridgehead atoms. The highest BCUT2D eigenvalue weighted by molar-refractivity contribution is 7.48. The van der Waals surface area contributed by atoms with Crippen LogP contribution in [0.4, 0.5) is 0 Å². The average molecular weight is 308 g/mol. The van der Waals surface area contributed by atoms with E-state index in [1.54, 1.807) is 0 Å². The predicted octanol–water partition coefficient (Wildman–Crippen LogP) is 3.49. The van der Waals surface area contributed by atoms with Gasteiger partial charge in [0, 0.05) is 0 Å². The molecule has 0 spiro atoms. The highest BCUT2D eigenvalue weighted by Gasteiger charge is 2.26. The third-order valence-corrected chi connectivity index (χ3v) is 4.00. The summed E-state index contributed by atoms with van der Waals surface area (Å²) < 4.78 is 27.5. The van der Waals surface area contributed by atoms with Crippen LogP contribution in [0.25, 0.3) is 0 Å². The van der Waals surface area contributed by atoms with Gasteiger partial charge in [-0.2, -0.15) is 0 Å². The van der Waals surface area contributed by atoms with Gasteiger partial charge in [0.25, 0.3) is 0 Å². The van der Waals surface area contributed by atoms with Crippen molar-refractivity contribution < 1.29 is 23.2 Å². The molecule has 2 aromatic rings. The molecule has 0 saturated carbocycles. The first-order valence-electron chi connectivity index (χ1n) is 6.44. The Hall–Kier alpha value is -1.49. The lowest BCUT2D eigenvalue weighted by Crippen LogP contribution is -2.02. The fourth-order valence-corrected chi connectivity index (χ4v) is 2.62. The van der Waals surface area contributed by atoms with Crippen LogP contribution >= 0.6 is 7.82 Å². The van der Waals surface area contributed by atoms with Crippen LogP contribution < -0.4 is 0 Å². The average Bonchev–Trinajstić information content (AvgIpc) is 2.54. The lowest BCUT2D eigenvalue weighted by atomic mass is 10.2. The van der Waals surface area contributed by atoms with Crippen LogP contribution in [0.15, 0.2) is 60.7 Å². The van der Waals surface area contributed by atoms with E-state index in [0.717, 1.165) is 11.1 Å². The van der Waals surface area contributed by atoms with E-state index in [4.69, 9.17) is 18.7 Å². The number of aliphatic hydroxyl groups is 1. The molecule has 0 amide bonds. The minimum Gasteiger partial charge on any atom is -0.370 e. The van der Waals surface area contributed by atoms with Crippen LogP contribution in [0.3, 0.4) is 0 Å². The van der Waals surface area contributed by atoms with Gasteiger partial charge in [0.05, 0.1) is 13.2 Å². The summed E-state index contributed by atoms with van der Waals surface area (Å²) in [6.07, 6.45) is 0. The number of aliphatic hydroxyl groups excluding tert-OH is 1. The summed E-state index contributed by atoms with van der Waals surface area (Å²) >= 11 is 0. The van der Waals surface area contributed by atoms with E-state index in [2.05, 4.69) is 0 Å². The Kier molecular flexibility index (Phi) is 6.11. The van der Waals surface area contributed by atoms with E-state index < -0.39 is 14.6 Å². The van der Waals surface area contributed by atoms with Crippen molar-refractivity contribution in [3.63, 3.8) is 0 Å².